The van der Waals surface area contributed by atoms with Crippen molar-refractivity contribution in [3.05, 3.63) is 23.8 Å². The van der Waals surface area contributed by atoms with Gasteiger partial charge in [0.2, 0.25) is 0 Å². The highest BCUT2D eigenvalue weighted by Gasteiger charge is 2.09. The second-order valence-electron chi connectivity index (χ2n) is 2.80. The molecule has 14 heavy (non-hydrogen) atoms. The number of ether oxygens (including phenoxy) is 2. The summed E-state index contributed by atoms with van der Waals surface area (Å²) in [5.41, 5.74) is 6.42. The predicted octanol–water partition coefficient (Wildman–Crippen LogP) is 1.53. The van der Waals surface area contributed by atoms with Crippen molar-refractivity contribution in [1.29, 1.82) is 0 Å². The molecule has 0 fully saturated rings. The van der Waals surface area contributed by atoms with Crippen LogP contribution in [0, 0.1) is 0 Å². The Morgan fingerprint density at radius 2 is 2.07 bits per heavy atom. The van der Waals surface area contributed by atoms with Gasteiger partial charge in [-0.15, -0.1) is 0 Å². The van der Waals surface area contributed by atoms with Gasteiger partial charge in [0, 0.05) is 12.0 Å². The SMILES string of the molecule is COc1cccc(CC(N)=S)c1OC. The van der Waals surface area contributed by atoms with Crippen molar-refractivity contribution >= 4 is 17.2 Å². The first kappa shape index (κ1) is 10.8. The zero-order valence-corrected chi connectivity index (χ0v) is 9.06. The highest BCUT2D eigenvalue weighted by atomic mass is 32.1. The molecular weight excluding hydrogens is 198 g/mol. The van der Waals surface area contributed by atoms with Crippen molar-refractivity contribution in [3.8, 4) is 11.5 Å². The van der Waals surface area contributed by atoms with Crippen LogP contribution >= 0.6 is 12.2 Å². The van der Waals surface area contributed by atoms with Gasteiger partial charge >= 0.3 is 0 Å². The van der Waals surface area contributed by atoms with Crippen LogP contribution in [-0.4, -0.2) is 19.2 Å². The third-order valence-corrected chi connectivity index (χ3v) is 1.99. The fraction of sp³-hybridized carbons (Fsp3) is 0.300. The topological polar surface area (TPSA) is 44.5 Å². The van der Waals surface area contributed by atoms with E-state index < -0.39 is 0 Å². The highest BCUT2D eigenvalue weighted by molar-refractivity contribution is 7.80. The molecule has 0 saturated carbocycles. The molecule has 0 atom stereocenters. The number of hydrogen-bond donors (Lipinski definition) is 1. The Labute approximate surface area is 88.8 Å². The Morgan fingerprint density at radius 3 is 2.57 bits per heavy atom. The van der Waals surface area contributed by atoms with Crippen molar-refractivity contribution in [3.63, 3.8) is 0 Å². The quantitative estimate of drug-likeness (QED) is 0.767. The van der Waals surface area contributed by atoms with E-state index in [1.54, 1.807) is 14.2 Å². The Bertz CT molecular complexity index is 339. The fourth-order valence-electron chi connectivity index (χ4n) is 1.28. The molecule has 1 aromatic carbocycles. The van der Waals surface area contributed by atoms with Crippen LogP contribution in [0.5, 0.6) is 11.5 Å². The van der Waals surface area contributed by atoms with Crippen LogP contribution in [0.4, 0.5) is 0 Å². The molecule has 0 radical (unpaired) electrons. The van der Waals surface area contributed by atoms with Crippen LogP contribution in [0.15, 0.2) is 18.2 Å². The standard InChI is InChI=1S/C10H13NO2S/c1-12-8-5-3-4-7(6-9(11)14)10(8)13-2/h3-5H,6H2,1-2H3,(H2,11,14). The van der Waals surface area contributed by atoms with E-state index in [0.29, 0.717) is 22.9 Å². The zero-order chi connectivity index (χ0) is 10.6. The van der Waals surface area contributed by atoms with Crippen molar-refractivity contribution in [2.45, 2.75) is 6.42 Å². The van der Waals surface area contributed by atoms with Gasteiger partial charge in [0.1, 0.15) is 0 Å². The number of rotatable bonds is 4. The fourth-order valence-corrected chi connectivity index (χ4v) is 1.44. The number of benzene rings is 1. The van der Waals surface area contributed by atoms with Gasteiger partial charge in [-0.25, -0.2) is 0 Å². The van der Waals surface area contributed by atoms with Crippen LogP contribution in [-0.2, 0) is 6.42 Å². The minimum absolute atomic E-state index is 0.441. The van der Waals surface area contributed by atoms with Crippen molar-refractivity contribution < 1.29 is 9.47 Å². The number of thiocarbonyl (C=S) groups is 1. The summed E-state index contributed by atoms with van der Waals surface area (Å²) in [5, 5.41) is 0. The summed E-state index contributed by atoms with van der Waals surface area (Å²) in [4.78, 5) is 0.441. The molecule has 76 valence electrons. The van der Waals surface area contributed by atoms with Gasteiger partial charge in [-0.1, -0.05) is 24.4 Å². The summed E-state index contributed by atoms with van der Waals surface area (Å²) in [6.45, 7) is 0. The zero-order valence-electron chi connectivity index (χ0n) is 8.24. The smallest absolute Gasteiger partial charge is 0.164 e. The number of nitrogens with two attached hydrogens (primary N) is 1. The minimum Gasteiger partial charge on any atom is -0.493 e. The first-order valence-corrected chi connectivity index (χ1v) is 4.58. The van der Waals surface area contributed by atoms with E-state index in [-0.39, 0.29) is 0 Å². The van der Waals surface area contributed by atoms with E-state index in [4.69, 9.17) is 27.4 Å². The molecule has 0 spiro atoms. The van der Waals surface area contributed by atoms with Gasteiger partial charge < -0.3 is 15.2 Å². The van der Waals surface area contributed by atoms with E-state index in [9.17, 15) is 0 Å². The normalized spacial score (nSPS) is 9.57. The Morgan fingerprint density at radius 1 is 1.36 bits per heavy atom. The number of para-hydroxylation sites is 1. The van der Waals surface area contributed by atoms with Gasteiger partial charge in [0.15, 0.2) is 11.5 Å². The summed E-state index contributed by atoms with van der Waals surface area (Å²) < 4.78 is 10.4. The molecule has 0 heterocycles. The highest BCUT2D eigenvalue weighted by Crippen LogP contribution is 2.30. The third kappa shape index (κ3) is 2.35. The van der Waals surface area contributed by atoms with Crippen LogP contribution in [0.2, 0.25) is 0 Å². The van der Waals surface area contributed by atoms with Gasteiger partial charge in [-0.2, -0.15) is 0 Å². The summed E-state index contributed by atoms with van der Waals surface area (Å²) in [5.74, 6) is 1.39. The summed E-state index contributed by atoms with van der Waals surface area (Å²) in [7, 11) is 3.20. The summed E-state index contributed by atoms with van der Waals surface area (Å²) in [6.07, 6.45) is 0.524. The largest absolute Gasteiger partial charge is 0.493 e. The van der Waals surface area contributed by atoms with Crippen molar-refractivity contribution in [2.24, 2.45) is 5.73 Å². The lowest BCUT2D eigenvalue weighted by molar-refractivity contribution is 0.352. The van der Waals surface area contributed by atoms with E-state index in [1.165, 1.54) is 0 Å². The molecule has 0 unspecified atom stereocenters. The first-order valence-electron chi connectivity index (χ1n) is 4.17. The van der Waals surface area contributed by atoms with E-state index in [0.717, 1.165) is 5.56 Å². The number of methoxy groups -OCH3 is 2. The molecule has 0 aliphatic heterocycles. The van der Waals surface area contributed by atoms with Crippen LogP contribution in [0.3, 0.4) is 0 Å². The summed E-state index contributed by atoms with van der Waals surface area (Å²) in [6, 6.07) is 5.64. The second-order valence-corrected chi connectivity index (χ2v) is 3.32. The lowest BCUT2D eigenvalue weighted by atomic mass is 10.1. The molecule has 1 aromatic rings. The molecular formula is C10H13NO2S. The third-order valence-electron chi connectivity index (χ3n) is 1.85. The van der Waals surface area contributed by atoms with Gasteiger partial charge in [0.05, 0.1) is 19.2 Å². The minimum atomic E-state index is 0.441. The van der Waals surface area contributed by atoms with Gasteiger partial charge in [0.25, 0.3) is 0 Å². The molecule has 1 rings (SSSR count). The average molecular weight is 211 g/mol. The lowest BCUT2D eigenvalue weighted by Gasteiger charge is -2.11. The van der Waals surface area contributed by atoms with Crippen LogP contribution < -0.4 is 15.2 Å². The maximum absolute atomic E-state index is 5.47. The molecule has 4 heteroatoms. The maximum atomic E-state index is 5.47. The summed E-state index contributed by atoms with van der Waals surface area (Å²) >= 11 is 4.85. The first-order chi connectivity index (χ1) is 6.69. The molecule has 0 aliphatic rings. The molecule has 0 saturated heterocycles. The van der Waals surface area contributed by atoms with Crippen molar-refractivity contribution in [2.75, 3.05) is 14.2 Å². The average Bonchev–Trinajstić information content (AvgIpc) is 2.16. The molecule has 0 aliphatic carbocycles. The van der Waals surface area contributed by atoms with Gasteiger partial charge in [-0.05, 0) is 6.07 Å². The Balaban J connectivity index is 3.08. The molecule has 2 N–H and O–H groups in total. The van der Waals surface area contributed by atoms with Gasteiger partial charge in [-0.3, -0.25) is 0 Å². The number of hydrogen-bond acceptors (Lipinski definition) is 3. The van der Waals surface area contributed by atoms with Crippen LogP contribution in [0.25, 0.3) is 0 Å². The second kappa shape index (κ2) is 4.81. The Kier molecular flexibility index (Phi) is 3.71. The molecule has 3 nitrogen and oxygen atoms in total. The van der Waals surface area contributed by atoms with Crippen LogP contribution in [0.1, 0.15) is 5.56 Å². The monoisotopic (exact) mass is 211 g/mol. The molecule has 0 aromatic heterocycles. The van der Waals surface area contributed by atoms with Crippen molar-refractivity contribution in [1.82, 2.24) is 0 Å². The maximum Gasteiger partial charge on any atom is 0.164 e. The van der Waals surface area contributed by atoms with E-state index in [2.05, 4.69) is 0 Å². The van der Waals surface area contributed by atoms with E-state index in [1.807, 2.05) is 18.2 Å². The van der Waals surface area contributed by atoms with E-state index >= 15 is 0 Å². The predicted molar refractivity (Wildman–Crippen MR) is 60.0 cm³/mol. The lowest BCUT2D eigenvalue weighted by Crippen LogP contribution is -2.12. The molecule has 0 bridgehead atoms. The molecule has 0 amide bonds. The Hall–Kier alpha value is -1.29.